The van der Waals surface area contributed by atoms with Gasteiger partial charge in [0.05, 0.1) is 40.3 Å². The number of benzene rings is 4. The van der Waals surface area contributed by atoms with Crippen LogP contribution in [0.25, 0.3) is 0 Å². The number of nitrogens with zero attached hydrogens (tertiary/aromatic N) is 3. The SMILES string of the molecule is O=C(C1=C(Oc2ccc(CCCOc3c(F)ccc(F)c3Cl)cc2)CC2CCC1N2C(=O)Oc1cccc(CON(O)O)c1)N(Cc1cccc(Cl)c1Cl)C1CC1. The lowest BCUT2D eigenvalue weighted by Crippen LogP contribution is -2.50. The first-order valence-corrected chi connectivity index (χ1v) is 19.5. The zero-order valence-electron chi connectivity index (χ0n) is 30.4. The second kappa shape index (κ2) is 18.0. The highest BCUT2D eigenvalue weighted by Gasteiger charge is 2.50. The molecule has 11 nitrogen and oxygen atoms in total. The lowest BCUT2D eigenvalue weighted by Gasteiger charge is -2.38. The van der Waals surface area contributed by atoms with E-state index in [1.807, 2.05) is 18.2 Å². The number of ether oxygens (including phenoxy) is 3. The Bertz CT molecular complexity index is 2150. The van der Waals surface area contributed by atoms with E-state index >= 15 is 0 Å². The molecule has 2 bridgehead atoms. The Morgan fingerprint density at radius 3 is 2.35 bits per heavy atom. The van der Waals surface area contributed by atoms with Crippen LogP contribution in [-0.4, -0.2) is 62.3 Å². The first-order valence-electron chi connectivity index (χ1n) is 18.4. The minimum Gasteiger partial charge on any atom is -0.489 e. The second-order valence-electron chi connectivity index (χ2n) is 14.0. The van der Waals surface area contributed by atoms with Crippen molar-refractivity contribution in [1.82, 2.24) is 15.2 Å². The maximum atomic E-state index is 14.8. The Hall–Kier alpha value is -4.47. The molecule has 0 spiro atoms. The molecule has 57 heavy (non-hydrogen) atoms. The van der Waals surface area contributed by atoms with Gasteiger partial charge in [-0.3, -0.25) is 20.1 Å². The molecule has 3 aliphatic rings. The third kappa shape index (κ3) is 9.64. The summed E-state index contributed by atoms with van der Waals surface area (Å²) < 4.78 is 45.7. The van der Waals surface area contributed by atoms with Gasteiger partial charge in [0.15, 0.2) is 11.6 Å². The average molecular weight is 845 g/mol. The Morgan fingerprint density at radius 2 is 1.60 bits per heavy atom. The molecule has 2 unspecified atom stereocenters. The van der Waals surface area contributed by atoms with E-state index in [0.29, 0.717) is 63.9 Å². The quantitative estimate of drug-likeness (QED) is 0.0685. The van der Waals surface area contributed by atoms with Crippen LogP contribution in [0.2, 0.25) is 15.1 Å². The number of aryl methyl sites for hydroxylation is 1. The summed E-state index contributed by atoms with van der Waals surface area (Å²) in [5.74, 6) is -0.909. The fraction of sp³-hybridized carbons (Fsp3) is 0.317. The number of carbonyl (C=O) groups is 2. The van der Waals surface area contributed by atoms with Crippen LogP contribution in [0.5, 0.6) is 17.2 Å². The molecule has 2 fully saturated rings. The summed E-state index contributed by atoms with van der Waals surface area (Å²) >= 11 is 18.8. The normalized spacial score (nSPS) is 17.6. The second-order valence-corrected chi connectivity index (χ2v) is 15.1. The summed E-state index contributed by atoms with van der Waals surface area (Å²) in [6.45, 7) is 0.138. The maximum Gasteiger partial charge on any atom is 0.416 e. The van der Waals surface area contributed by atoms with Crippen molar-refractivity contribution in [3.63, 3.8) is 0 Å². The van der Waals surface area contributed by atoms with Gasteiger partial charge < -0.3 is 19.1 Å². The van der Waals surface area contributed by atoms with E-state index in [0.717, 1.165) is 30.5 Å². The summed E-state index contributed by atoms with van der Waals surface area (Å²) in [6, 6.07) is 20.0. The number of halogens is 5. The van der Waals surface area contributed by atoms with Crippen LogP contribution in [0, 0.1) is 11.6 Å². The van der Waals surface area contributed by atoms with Crippen LogP contribution < -0.4 is 14.2 Å². The fourth-order valence-electron chi connectivity index (χ4n) is 7.22. The fourth-order valence-corrected chi connectivity index (χ4v) is 7.80. The molecule has 300 valence electrons. The van der Waals surface area contributed by atoms with E-state index in [1.165, 1.54) is 0 Å². The molecular formula is C41H38Cl3F2N3O8. The lowest BCUT2D eigenvalue weighted by atomic mass is 9.97. The van der Waals surface area contributed by atoms with Crippen molar-refractivity contribution >= 4 is 46.8 Å². The number of amides is 2. The number of rotatable bonds is 15. The Labute approximate surface area is 342 Å². The zero-order valence-corrected chi connectivity index (χ0v) is 32.7. The predicted octanol–water partition coefficient (Wildman–Crippen LogP) is 9.71. The summed E-state index contributed by atoms with van der Waals surface area (Å²) in [5, 5.41) is 17.8. The van der Waals surface area contributed by atoms with Crippen molar-refractivity contribution < 1.29 is 47.8 Å². The van der Waals surface area contributed by atoms with E-state index in [2.05, 4.69) is 0 Å². The molecule has 0 radical (unpaired) electrons. The Balaban J connectivity index is 1.11. The molecule has 2 heterocycles. The van der Waals surface area contributed by atoms with Gasteiger partial charge in [0, 0.05) is 25.0 Å². The monoisotopic (exact) mass is 843 g/mol. The predicted molar refractivity (Wildman–Crippen MR) is 205 cm³/mol. The van der Waals surface area contributed by atoms with Crippen molar-refractivity contribution in [2.45, 2.75) is 76.2 Å². The maximum absolute atomic E-state index is 14.8. The Kier molecular flexibility index (Phi) is 12.8. The van der Waals surface area contributed by atoms with Gasteiger partial charge in [0.2, 0.25) is 0 Å². The zero-order chi connectivity index (χ0) is 40.2. The molecule has 16 heteroatoms. The average Bonchev–Trinajstić information content (AvgIpc) is 3.99. The van der Waals surface area contributed by atoms with Crippen molar-refractivity contribution in [2.75, 3.05) is 6.61 Å². The molecule has 4 aromatic rings. The van der Waals surface area contributed by atoms with Crippen LogP contribution in [0.3, 0.4) is 0 Å². The molecule has 2 atom stereocenters. The summed E-state index contributed by atoms with van der Waals surface area (Å²) in [4.78, 5) is 36.8. The van der Waals surface area contributed by atoms with Gasteiger partial charge in [0.1, 0.15) is 28.1 Å². The van der Waals surface area contributed by atoms with Crippen molar-refractivity contribution in [2.24, 2.45) is 0 Å². The third-order valence-electron chi connectivity index (χ3n) is 10.1. The molecule has 4 aromatic carbocycles. The number of carbonyl (C=O) groups excluding carboxylic acids is 2. The summed E-state index contributed by atoms with van der Waals surface area (Å²) in [5.41, 5.74) is 2.52. The van der Waals surface area contributed by atoms with Gasteiger partial charge in [-0.25, -0.2) is 18.4 Å². The van der Waals surface area contributed by atoms with Crippen molar-refractivity contribution in [3.05, 3.63) is 134 Å². The number of hydrogen-bond acceptors (Lipinski definition) is 9. The van der Waals surface area contributed by atoms with Gasteiger partial charge in [-0.05, 0) is 97.7 Å². The highest BCUT2D eigenvalue weighted by Crippen LogP contribution is 2.43. The van der Waals surface area contributed by atoms with E-state index in [9.17, 15) is 18.4 Å². The van der Waals surface area contributed by atoms with Gasteiger partial charge in [-0.1, -0.05) is 71.2 Å². The molecule has 0 aromatic heterocycles. The van der Waals surface area contributed by atoms with Gasteiger partial charge in [-0.15, -0.1) is 0 Å². The minimum absolute atomic E-state index is 0.0313. The van der Waals surface area contributed by atoms with Crippen LogP contribution in [0.15, 0.2) is 90.2 Å². The largest absolute Gasteiger partial charge is 0.489 e. The van der Waals surface area contributed by atoms with Crippen LogP contribution in [0.1, 0.15) is 55.2 Å². The lowest BCUT2D eigenvalue weighted by molar-refractivity contribution is -0.497. The first-order chi connectivity index (χ1) is 27.5. The molecule has 7 rings (SSSR count). The van der Waals surface area contributed by atoms with E-state index in [-0.39, 0.29) is 55.7 Å². The standard InChI is InChI=1S/C41H38Cl3F2N3O8/c42-31-8-2-6-26(37(31)43)22-47(27-11-12-27)40(50)36-34-18-13-28(48(34)41(51)57-30-7-1-4-25(20-30)23-55-49(52)53)21-35(36)56-29-14-9-24(10-15-29)5-3-19-54-39-33(46)17-16-32(45)38(39)44/h1-2,4,6-10,14-17,20,27-28,34,52-53H,3,5,11-13,18-19,21-23H2. The van der Waals surface area contributed by atoms with Crippen LogP contribution in [0.4, 0.5) is 13.6 Å². The molecule has 1 saturated carbocycles. The molecule has 1 saturated heterocycles. The minimum atomic E-state index is -0.762. The van der Waals surface area contributed by atoms with E-state index < -0.39 is 34.2 Å². The molecular weight excluding hydrogens is 807 g/mol. The summed E-state index contributed by atoms with van der Waals surface area (Å²) in [7, 11) is 0. The first kappa shape index (κ1) is 40.7. The summed E-state index contributed by atoms with van der Waals surface area (Å²) in [6.07, 6.45) is 3.44. The van der Waals surface area contributed by atoms with Crippen LogP contribution >= 0.6 is 34.8 Å². The smallest absolute Gasteiger partial charge is 0.416 e. The topological polar surface area (TPSA) is 121 Å². The van der Waals surface area contributed by atoms with Crippen molar-refractivity contribution in [3.8, 4) is 17.2 Å². The molecule has 2 aliphatic heterocycles. The number of hydrogen-bond donors (Lipinski definition) is 2. The van der Waals surface area contributed by atoms with Crippen LogP contribution in [-0.2, 0) is 29.2 Å². The highest BCUT2D eigenvalue weighted by atomic mass is 35.5. The van der Waals surface area contributed by atoms with Crippen molar-refractivity contribution in [1.29, 1.82) is 0 Å². The van der Waals surface area contributed by atoms with E-state index in [1.54, 1.807) is 58.3 Å². The Morgan fingerprint density at radius 1 is 0.842 bits per heavy atom. The van der Waals surface area contributed by atoms with Gasteiger partial charge in [0.25, 0.3) is 5.91 Å². The van der Waals surface area contributed by atoms with E-state index in [4.69, 9.17) is 64.3 Å². The molecule has 2 amide bonds. The van der Waals surface area contributed by atoms with Gasteiger partial charge in [-0.2, -0.15) is 0 Å². The molecule has 1 aliphatic carbocycles. The number of fused-ring (bicyclic) bond motifs is 2. The van der Waals surface area contributed by atoms with Gasteiger partial charge >= 0.3 is 6.09 Å². The molecule has 2 N–H and O–H groups in total. The third-order valence-corrected chi connectivity index (χ3v) is 11.3. The highest BCUT2D eigenvalue weighted by molar-refractivity contribution is 6.42.